The topological polar surface area (TPSA) is 132 Å². The number of benzene rings is 1. The van der Waals surface area contributed by atoms with Crippen molar-refractivity contribution in [3.8, 4) is 5.82 Å². The van der Waals surface area contributed by atoms with Gasteiger partial charge in [-0.05, 0) is 30.5 Å². The van der Waals surface area contributed by atoms with Gasteiger partial charge in [0.25, 0.3) is 5.56 Å². The van der Waals surface area contributed by atoms with Gasteiger partial charge in [0.2, 0.25) is 5.91 Å². The summed E-state index contributed by atoms with van der Waals surface area (Å²) in [6.45, 7) is 2.23. The summed E-state index contributed by atoms with van der Waals surface area (Å²) in [5.41, 5.74) is 8.23. The van der Waals surface area contributed by atoms with E-state index >= 15 is 0 Å². The van der Waals surface area contributed by atoms with E-state index in [0.29, 0.717) is 24.2 Å². The van der Waals surface area contributed by atoms with Crippen molar-refractivity contribution in [3.63, 3.8) is 0 Å². The van der Waals surface area contributed by atoms with Crippen LogP contribution in [0.2, 0.25) is 0 Å². The number of carbonyl (C=O) groups excluding carboxylic acids is 1. The Bertz CT molecular complexity index is 1210. The highest BCUT2D eigenvalue weighted by Crippen LogP contribution is 2.21. The lowest BCUT2D eigenvalue weighted by molar-refractivity contribution is -0.119. The largest absolute Gasteiger partial charge is 0.396 e. The Morgan fingerprint density at radius 2 is 1.97 bits per heavy atom. The molecule has 9 nitrogen and oxygen atoms in total. The van der Waals surface area contributed by atoms with E-state index in [1.165, 1.54) is 17.0 Å². The average molecular weight is 455 g/mol. The van der Waals surface area contributed by atoms with Gasteiger partial charge in [-0.25, -0.2) is 14.5 Å². The number of nitrogens with two attached hydrogens (primary N) is 1. The second-order valence-corrected chi connectivity index (χ2v) is 8.52. The number of nitrogens with one attached hydrogen (secondary N) is 2. The van der Waals surface area contributed by atoms with Gasteiger partial charge < -0.3 is 16.4 Å². The standard InChI is InChI=1S/C22H26N6O3S/c1-14-16(12-18(29)24-2)11-17(23)21(27-14)28-19(32(3)31)13-26-20(22(28)30)25-10-9-15-7-5-4-6-8-15/h4-8,11,13H,9-10,12,23H2,1-3H3,(H,24,29)(H,25,26). The average Bonchev–Trinajstić information content (AvgIpc) is 2.77. The number of aromatic nitrogens is 3. The van der Waals surface area contributed by atoms with Crippen LogP contribution in [0, 0.1) is 6.92 Å². The second kappa shape index (κ2) is 10.2. The first-order valence-corrected chi connectivity index (χ1v) is 11.6. The van der Waals surface area contributed by atoms with Crippen LogP contribution in [-0.4, -0.2) is 44.5 Å². The smallest absolute Gasteiger partial charge is 0.300 e. The zero-order chi connectivity index (χ0) is 23.3. The zero-order valence-corrected chi connectivity index (χ0v) is 19.0. The van der Waals surface area contributed by atoms with Crippen molar-refractivity contribution < 1.29 is 9.00 Å². The molecule has 3 aromatic rings. The third-order valence-electron chi connectivity index (χ3n) is 4.94. The van der Waals surface area contributed by atoms with Crippen molar-refractivity contribution in [1.82, 2.24) is 19.9 Å². The maximum atomic E-state index is 13.3. The van der Waals surface area contributed by atoms with Crippen LogP contribution in [0.25, 0.3) is 5.82 Å². The number of likely N-dealkylation sites (N-methyl/N-ethyl adjacent to an activating group) is 1. The Morgan fingerprint density at radius 1 is 1.25 bits per heavy atom. The minimum Gasteiger partial charge on any atom is -0.396 e. The van der Waals surface area contributed by atoms with Crippen molar-refractivity contribution in [2.45, 2.75) is 24.8 Å². The molecular weight excluding hydrogens is 428 g/mol. The fourth-order valence-electron chi connectivity index (χ4n) is 3.20. The lowest BCUT2D eigenvalue weighted by Crippen LogP contribution is -2.29. The maximum absolute atomic E-state index is 13.3. The lowest BCUT2D eigenvalue weighted by Gasteiger charge is -2.16. The minimum absolute atomic E-state index is 0.114. The Morgan fingerprint density at radius 3 is 2.62 bits per heavy atom. The molecule has 1 aromatic carbocycles. The molecule has 0 spiro atoms. The predicted molar refractivity (Wildman–Crippen MR) is 126 cm³/mol. The fraction of sp³-hybridized carbons (Fsp3) is 0.273. The summed E-state index contributed by atoms with van der Waals surface area (Å²) < 4.78 is 13.5. The molecule has 0 saturated carbocycles. The van der Waals surface area contributed by atoms with Crippen LogP contribution in [0.15, 0.2) is 52.4 Å². The zero-order valence-electron chi connectivity index (χ0n) is 18.2. The second-order valence-electron chi connectivity index (χ2n) is 7.20. The molecular formula is C22H26N6O3S. The number of amides is 1. The number of carbonyl (C=O) groups is 1. The number of hydrogen-bond acceptors (Lipinski definition) is 7. The molecule has 3 rings (SSSR count). The first-order chi connectivity index (χ1) is 15.3. The number of pyridine rings is 1. The van der Waals surface area contributed by atoms with Crippen molar-refractivity contribution in [1.29, 1.82) is 0 Å². The molecule has 1 amide bonds. The van der Waals surface area contributed by atoms with E-state index in [1.807, 2.05) is 30.3 Å². The summed E-state index contributed by atoms with van der Waals surface area (Å²) in [6, 6.07) is 11.5. The van der Waals surface area contributed by atoms with Gasteiger partial charge in [-0.15, -0.1) is 0 Å². The SMILES string of the molecule is CNC(=O)Cc1cc(N)c(-n2c(S(C)=O)cnc(NCCc3ccccc3)c2=O)nc1C. The minimum atomic E-state index is -1.51. The molecule has 0 aliphatic rings. The van der Waals surface area contributed by atoms with E-state index in [0.717, 1.165) is 5.56 Å². The fourth-order valence-corrected chi connectivity index (χ4v) is 3.83. The van der Waals surface area contributed by atoms with Crippen LogP contribution in [-0.2, 0) is 28.4 Å². The highest BCUT2D eigenvalue weighted by molar-refractivity contribution is 7.84. The number of nitrogen functional groups attached to an aromatic ring is 1. The summed E-state index contributed by atoms with van der Waals surface area (Å²) in [4.78, 5) is 33.7. The summed E-state index contributed by atoms with van der Waals surface area (Å²) in [5, 5.41) is 5.79. The number of hydrogen-bond donors (Lipinski definition) is 3. The number of nitrogens with zero attached hydrogens (tertiary/aromatic N) is 3. The Labute approximate surface area is 188 Å². The molecule has 1 unspecified atom stereocenters. The van der Waals surface area contributed by atoms with Crippen molar-refractivity contribution in [2.24, 2.45) is 0 Å². The number of aryl methyl sites for hydroxylation is 1. The Hall–Kier alpha value is -3.53. The van der Waals surface area contributed by atoms with Gasteiger partial charge in [0, 0.05) is 25.5 Å². The van der Waals surface area contributed by atoms with E-state index in [4.69, 9.17) is 5.73 Å². The van der Waals surface area contributed by atoms with E-state index in [9.17, 15) is 13.8 Å². The molecule has 2 aromatic heterocycles. The third-order valence-corrected chi connectivity index (χ3v) is 5.82. The van der Waals surface area contributed by atoms with Crippen LogP contribution in [0.4, 0.5) is 11.5 Å². The van der Waals surface area contributed by atoms with Crippen LogP contribution in [0.1, 0.15) is 16.8 Å². The first-order valence-electron chi connectivity index (χ1n) is 10.0. The van der Waals surface area contributed by atoms with Crippen molar-refractivity contribution in [2.75, 3.05) is 30.9 Å². The van der Waals surface area contributed by atoms with E-state index in [1.54, 1.807) is 20.0 Å². The molecule has 32 heavy (non-hydrogen) atoms. The molecule has 0 aliphatic carbocycles. The summed E-state index contributed by atoms with van der Waals surface area (Å²) in [5.74, 6) is 0.0960. The van der Waals surface area contributed by atoms with Gasteiger partial charge >= 0.3 is 0 Å². The third kappa shape index (κ3) is 5.20. The molecule has 0 aliphatic heterocycles. The Kier molecular flexibility index (Phi) is 7.37. The molecule has 0 bridgehead atoms. The van der Waals surface area contributed by atoms with Crippen LogP contribution >= 0.6 is 0 Å². The van der Waals surface area contributed by atoms with Gasteiger partial charge in [-0.3, -0.25) is 13.8 Å². The first kappa shape index (κ1) is 23.1. The van der Waals surface area contributed by atoms with Crippen LogP contribution in [0.5, 0.6) is 0 Å². The monoisotopic (exact) mass is 454 g/mol. The predicted octanol–water partition coefficient (Wildman–Crippen LogP) is 1.20. The molecule has 168 valence electrons. The quantitative estimate of drug-likeness (QED) is 0.466. The van der Waals surface area contributed by atoms with E-state index in [-0.39, 0.29) is 34.7 Å². The summed E-state index contributed by atoms with van der Waals surface area (Å²) in [6.07, 6.45) is 3.66. The molecule has 4 N–H and O–H groups in total. The number of rotatable bonds is 8. The molecule has 10 heteroatoms. The van der Waals surface area contributed by atoms with Crippen LogP contribution < -0.4 is 21.9 Å². The van der Waals surface area contributed by atoms with Crippen molar-refractivity contribution in [3.05, 3.63) is 69.8 Å². The highest BCUT2D eigenvalue weighted by Gasteiger charge is 2.19. The lowest BCUT2D eigenvalue weighted by atomic mass is 10.1. The van der Waals surface area contributed by atoms with E-state index < -0.39 is 16.4 Å². The molecule has 0 fully saturated rings. The normalized spacial score (nSPS) is 11.7. The van der Waals surface area contributed by atoms with Crippen molar-refractivity contribution >= 4 is 28.2 Å². The Balaban J connectivity index is 1.98. The summed E-state index contributed by atoms with van der Waals surface area (Å²) >= 11 is 0. The summed E-state index contributed by atoms with van der Waals surface area (Å²) in [7, 11) is 0.0374. The van der Waals surface area contributed by atoms with Gasteiger partial charge in [-0.2, -0.15) is 0 Å². The molecule has 2 heterocycles. The van der Waals surface area contributed by atoms with Crippen LogP contribution in [0.3, 0.4) is 0 Å². The van der Waals surface area contributed by atoms with Gasteiger partial charge in [0.05, 0.1) is 29.1 Å². The number of anilines is 2. The maximum Gasteiger partial charge on any atom is 0.300 e. The van der Waals surface area contributed by atoms with Gasteiger partial charge in [0.15, 0.2) is 11.6 Å². The molecule has 0 saturated heterocycles. The van der Waals surface area contributed by atoms with E-state index in [2.05, 4.69) is 20.6 Å². The molecule has 1 atom stereocenters. The highest BCUT2D eigenvalue weighted by atomic mass is 32.2. The van der Waals surface area contributed by atoms with Gasteiger partial charge in [-0.1, -0.05) is 30.3 Å². The van der Waals surface area contributed by atoms with Gasteiger partial charge in [0.1, 0.15) is 5.03 Å². The molecule has 0 radical (unpaired) electrons.